The van der Waals surface area contributed by atoms with E-state index in [4.69, 9.17) is 14.2 Å². The average Bonchev–Trinajstić information content (AvgIpc) is 3.14. The molecule has 0 amide bonds. The van der Waals surface area contributed by atoms with E-state index in [1.54, 1.807) is 20.8 Å². The van der Waals surface area contributed by atoms with Gasteiger partial charge in [-0.25, -0.2) is 9.59 Å². The number of fused-ring (bicyclic) bond motifs is 1. The molecule has 8 nitrogen and oxygen atoms in total. The van der Waals surface area contributed by atoms with Gasteiger partial charge < -0.3 is 18.9 Å². The molecule has 2 bridgehead atoms. The smallest absolute Gasteiger partial charge is 0.344 e. The van der Waals surface area contributed by atoms with Crippen LogP contribution in [0.1, 0.15) is 27.2 Å². The summed E-state index contributed by atoms with van der Waals surface area (Å²) in [7, 11) is 0. The van der Waals surface area contributed by atoms with E-state index >= 15 is 0 Å². The minimum atomic E-state index is -0.764. The summed E-state index contributed by atoms with van der Waals surface area (Å²) < 4.78 is 20.9. The summed E-state index contributed by atoms with van der Waals surface area (Å²) in [5, 5.41) is 0. The molecule has 2 aliphatic carbocycles. The van der Waals surface area contributed by atoms with Crippen LogP contribution in [0.2, 0.25) is 0 Å². The molecule has 0 N–H and O–H groups in total. The Labute approximate surface area is 150 Å². The molecule has 1 heterocycles. The lowest BCUT2D eigenvalue weighted by Gasteiger charge is -2.32. The summed E-state index contributed by atoms with van der Waals surface area (Å²) in [5.41, 5.74) is -0.689. The van der Waals surface area contributed by atoms with Gasteiger partial charge in [-0.05, 0) is 27.2 Å². The van der Waals surface area contributed by atoms with Crippen LogP contribution in [0.25, 0.3) is 0 Å². The van der Waals surface area contributed by atoms with E-state index in [0.717, 1.165) is 6.08 Å². The maximum Gasteiger partial charge on any atom is 0.344 e. The number of hydrogen-bond acceptors (Lipinski definition) is 8. The van der Waals surface area contributed by atoms with Crippen molar-refractivity contribution < 1.29 is 38.1 Å². The number of carbonyl (C=O) groups excluding carboxylic acids is 4. The summed E-state index contributed by atoms with van der Waals surface area (Å²) >= 11 is 0. The van der Waals surface area contributed by atoms with Crippen molar-refractivity contribution in [1.82, 2.24) is 0 Å². The first-order valence-corrected chi connectivity index (χ1v) is 8.54. The topological polar surface area (TPSA) is 105 Å². The number of carbonyl (C=O) groups is 4. The third-order valence-corrected chi connectivity index (χ3v) is 4.99. The maximum atomic E-state index is 12.6. The van der Waals surface area contributed by atoms with Gasteiger partial charge in [0, 0.05) is 17.9 Å². The number of hydrogen-bond donors (Lipinski definition) is 0. The zero-order valence-electron chi connectivity index (χ0n) is 14.9. The van der Waals surface area contributed by atoms with Crippen LogP contribution < -0.4 is 0 Å². The molecular weight excluding hydrogens is 344 g/mol. The predicted molar refractivity (Wildman–Crippen MR) is 85.3 cm³/mol. The Morgan fingerprint density at radius 2 is 1.96 bits per heavy atom. The van der Waals surface area contributed by atoms with Crippen LogP contribution in [0.3, 0.4) is 0 Å². The van der Waals surface area contributed by atoms with Gasteiger partial charge in [0.25, 0.3) is 0 Å². The Bertz CT molecular complexity index is 661. The van der Waals surface area contributed by atoms with E-state index in [1.807, 2.05) is 0 Å². The fraction of sp³-hybridized carbons (Fsp3) is 0.667. The number of esters is 4. The van der Waals surface area contributed by atoms with Crippen LogP contribution in [0.5, 0.6) is 0 Å². The van der Waals surface area contributed by atoms with Gasteiger partial charge in [-0.15, -0.1) is 0 Å². The van der Waals surface area contributed by atoms with Crippen LogP contribution >= 0.6 is 0 Å². The Morgan fingerprint density at radius 1 is 1.27 bits per heavy atom. The minimum Gasteiger partial charge on any atom is -0.460 e. The highest BCUT2D eigenvalue weighted by molar-refractivity contribution is 5.87. The molecular formula is C18H22O8. The normalized spacial score (nSPS) is 34.2. The molecule has 0 aromatic carbocycles. The summed E-state index contributed by atoms with van der Waals surface area (Å²) in [5.74, 6) is -4.20. The average molecular weight is 366 g/mol. The summed E-state index contributed by atoms with van der Waals surface area (Å²) in [6, 6.07) is 0. The fourth-order valence-corrected chi connectivity index (χ4v) is 4.21. The molecule has 3 rings (SSSR count). The highest BCUT2D eigenvalue weighted by Gasteiger charge is 2.70. The van der Waals surface area contributed by atoms with E-state index in [2.05, 4.69) is 11.3 Å². The highest BCUT2D eigenvalue weighted by atomic mass is 16.6. The third-order valence-electron chi connectivity index (χ3n) is 4.99. The molecule has 3 fully saturated rings. The molecule has 0 aromatic rings. The van der Waals surface area contributed by atoms with E-state index in [0.29, 0.717) is 6.42 Å². The van der Waals surface area contributed by atoms with Crippen molar-refractivity contribution >= 4 is 23.9 Å². The molecule has 142 valence electrons. The molecule has 3 aliphatic rings. The lowest BCUT2D eigenvalue weighted by molar-refractivity contribution is -0.174. The van der Waals surface area contributed by atoms with Crippen LogP contribution in [0.4, 0.5) is 0 Å². The first-order chi connectivity index (χ1) is 12.1. The third kappa shape index (κ3) is 3.20. The fourth-order valence-electron chi connectivity index (χ4n) is 4.21. The van der Waals surface area contributed by atoms with E-state index < -0.39 is 60.1 Å². The number of ether oxygens (including phenoxy) is 4. The summed E-state index contributed by atoms with van der Waals surface area (Å²) in [6.45, 7) is 7.91. The van der Waals surface area contributed by atoms with Crippen molar-refractivity contribution in [2.24, 2.45) is 23.7 Å². The molecule has 2 saturated carbocycles. The van der Waals surface area contributed by atoms with Gasteiger partial charge in [0.15, 0.2) is 6.61 Å². The van der Waals surface area contributed by atoms with Gasteiger partial charge in [0.05, 0.1) is 11.8 Å². The molecule has 0 spiro atoms. The van der Waals surface area contributed by atoms with E-state index in [-0.39, 0.29) is 11.8 Å². The molecule has 1 aliphatic heterocycles. The maximum absolute atomic E-state index is 12.6. The quantitative estimate of drug-likeness (QED) is 0.399. The Kier molecular flexibility index (Phi) is 4.54. The highest BCUT2D eigenvalue weighted by Crippen LogP contribution is 2.59. The zero-order chi connectivity index (χ0) is 19.2. The Balaban J connectivity index is 1.72. The van der Waals surface area contributed by atoms with Gasteiger partial charge in [-0.2, -0.15) is 0 Å². The zero-order valence-corrected chi connectivity index (χ0v) is 14.9. The molecule has 6 unspecified atom stereocenters. The van der Waals surface area contributed by atoms with Crippen LogP contribution in [-0.2, 0) is 38.1 Å². The van der Waals surface area contributed by atoms with Crippen molar-refractivity contribution in [3.8, 4) is 0 Å². The van der Waals surface area contributed by atoms with Gasteiger partial charge in [-0.1, -0.05) is 6.58 Å². The van der Waals surface area contributed by atoms with Crippen LogP contribution in [0, 0.1) is 23.7 Å². The van der Waals surface area contributed by atoms with Crippen LogP contribution in [-0.4, -0.2) is 48.3 Å². The molecule has 26 heavy (non-hydrogen) atoms. The second kappa shape index (κ2) is 6.41. The first kappa shape index (κ1) is 18.4. The summed E-state index contributed by atoms with van der Waals surface area (Å²) in [6.07, 6.45) is 0.188. The van der Waals surface area contributed by atoms with E-state index in [1.165, 1.54) is 0 Å². The lowest BCUT2D eigenvalue weighted by Crippen LogP contribution is -2.45. The van der Waals surface area contributed by atoms with Gasteiger partial charge in [0.2, 0.25) is 0 Å². The largest absolute Gasteiger partial charge is 0.460 e. The van der Waals surface area contributed by atoms with Crippen molar-refractivity contribution in [3.05, 3.63) is 12.7 Å². The molecule has 1 saturated heterocycles. The number of rotatable bonds is 5. The van der Waals surface area contributed by atoms with Crippen molar-refractivity contribution in [2.75, 3.05) is 6.61 Å². The monoisotopic (exact) mass is 366 g/mol. The van der Waals surface area contributed by atoms with Gasteiger partial charge in [0.1, 0.15) is 17.8 Å². The minimum absolute atomic E-state index is 0.168. The SMILES string of the molecule is C=CC(=O)OCC(=O)OC1C2CC3C1OC(=O)C3C2C(=O)OC(C)(C)C. The predicted octanol–water partition coefficient (Wildman–Crippen LogP) is 0.777. The molecule has 6 atom stereocenters. The standard InChI is InChI=1S/C18H22O8/c1-5-10(19)23-7-11(20)24-14-9-6-8-12(16(21)25-15(8)14)13(9)17(22)26-18(2,3)4/h5,8-9,12-15H,1,6-7H2,2-4H3. The van der Waals surface area contributed by atoms with Gasteiger partial charge >= 0.3 is 23.9 Å². The second-order valence-corrected chi connectivity index (χ2v) is 7.82. The van der Waals surface area contributed by atoms with E-state index in [9.17, 15) is 19.2 Å². The van der Waals surface area contributed by atoms with Crippen molar-refractivity contribution in [2.45, 2.75) is 45.0 Å². The van der Waals surface area contributed by atoms with Gasteiger partial charge in [-0.3, -0.25) is 9.59 Å². The first-order valence-electron chi connectivity index (χ1n) is 8.54. The molecule has 8 heteroatoms. The lowest BCUT2D eigenvalue weighted by atomic mass is 9.78. The molecule has 0 radical (unpaired) electrons. The van der Waals surface area contributed by atoms with Crippen molar-refractivity contribution in [3.63, 3.8) is 0 Å². The van der Waals surface area contributed by atoms with Crippen LogP contribution in [0.15, 0.2) is 12.7 Å². The Hall–Kier alpha value is -2.38. The Morgan fingerprint density at radius 3 is 2.58 bits per heavy atom. The van der Waals surface area contributed by atoms with Crippen molar-refractivity contribution in [1.29, 1.82) is 0 Å². The molecule has 0 aromatic heterocycles. The second-order valence-electron chi connectivity index (χ2n) is 7.82. The summed E-state index contributed by atoms with van der Waals surface area (Å²) in [4.78, 5) is 47.8.